The standard InChI is InChI=1S/C19H13N3O9S2/c1-30-15-6-10(7-16-18(25)20(9-17(23)24)19(32)33-16)2-4-14(15)31-13-5-3-11(21(26)27)8-12(13)22(28)29/h2-8H,9H2,1H3,(H,23,24). The summed E-state index contributed by atoms with van der Waals surface area (Å²) in [4.78, 5) is 45.2. The van der Waals surface area contributed by atoms with Crippen molar-refractivity contribution in [1.29, 1.82) is 0 Å². The number of ether oxygens (including phenoxy) is 2. The van der Waals surface area contributed by atoms with Crippen LogP contribution in [0.5, 0.6) is 17.2 Å². The van der Waals surface area contributed by atoms with Crippen molar-refractivity contribution in [3.8, 4) is 17.2 Å². The summed E-state index contributed by atoms with van der Waals surface area (Å²) in [5.41, 5.74) is -0.567. The van der Waals surface area contributed by atoms with Crippen molar-refractivity contribution in [1.82, 2.24) is 4.90 Å². The number of thioether (sulfide) groups is 1. The molecule has 0 aromatic heterocycles. The molecule has 0 atom stereocenters. The van der Waals surface area contributed by atoms with Crippen LogP contribution >= 0.6 is 24.0 Å². The van der Waals surface area contributed by atoms with Crippen molar-refractivity contribution in [3.05, 3.63) is 67.1 Å². The number of nitro groups is 2. The molecule has 1 fully saturated rings. The Morgan fingerprint density at radius 1 is 1.15 bits per heavy atom. The molecule has 14 heteroatoms. The molecule has 1 N–H and O–H groups in total. The minimum Gasteiger partial charge on any atom is -0.493 e. The van der Waals surface area contributed by atoms with E-state index in [-0.39, 0.29) is 26.5 Å². The molecule has 2 aromatic carbocycles. The van der Waals surface area contributed by atoms with Gasteiger partial charge in [0, 0.05) is 6.07 Å². The van der Waals surface area contributed by atoms with Crippen LogP contribution in [0.2, 0.25) is 0 Å². The number of nitro benzene ring substituents is 2. The first kappa shape index (κ1) is 23.6. The Morgan fingerprint density at radius 2 is 1.85 bits per heavy atom. The van der Waals surface area contributed by atoms with E-state index in [1.54, 1.807) is 6.07 Å². The fraction of sp³-hybridized carbons (Fsp3) is 0.105. The van der Waals surface area contributed by atoms with Crippen LogP contribution in [0.1, 0.15) is 5.56 Å². The van der Waals surface area contributed by atoms with Crippen LogP contribution < -0.4 is 9.47 Å². The van der Waals surface area contributed by atoms with Gasteiger partial charge in [0.05, 0.1) is 27.9 Å². The number of carboxylic acid groups (broad SMARTS) is 1. The lowest BCUT2D eigenvalue weighted by Crippen LogP contribution is -2.33. The normalized spacial score (nSPS) is 14.5. The molecule has 3 rings (SSSR count). The Morgan fingerprint density at radius 3 is 2.45 bits per heavy atom. The predicted octanol–water partition coefficient (Wildman–Crippen LogP) is 3.59. The van der Waals surface area contributed by atoms with Crippen molar-refractivity contribution in [2.45, 2.75) is 0 Å². The summed E-state index contributed by atoms with van der Waals surface area (Å²) < 4.78 is 11.0. The topological polar surface area (TPSA) is 162 Å². The minimum atomic E-state index is -1.20. The number of carboxylic acids is 1. The molecule has 1 aliphatic heterocycles. The molecular formula is C19H13N3O9S2. The molecule has 170 valence electrons. The number of hydrogen-bond donors (Lipinski definition) is 1. The number of non-ortho nitro benzene ring substituents is 1. The van der Waals surface area contributed by atoms with E-state index < -0.39 is 39.6 Å². The SMILES string of the molecule is COc1cc(C=C2SC(=S)N(CC(=O)O)C2=O)ccc1Oc1ccc([N+](=O)[O-])cc1[N+](=O)[O-]. The molecule has 1 aliphatic rings. The quantitative estimate of drug-likeness (QED) is 0.248. The van der Waals surface area contributed by atoms with Crippen molar-refractivity contribution >= 4 is 57.6 Å². The summed E-state index contributed by atoms with van der Waals surface area (Å²) in [7, 11) is 1.34. The highest BCUT2D eigenvalue weighted by atomic mass is 32.2. The molecule has 1 amide bonds. The van der Waals surface area contributed by atoms with Crippen LogP contribution in [0, 0.1) is 20.2 Å². The van der Waals surface area contributed by atoms with Crippen LogP contribution in [0.25, 0.3) is 6.08 Å². The average Bonchev–Trinajstić information content (AvgIpc) is 3.01. The van der Waals surface area contributed by atoms with Gasteiger partial charge >= 0.3 is 11.7 Å². The molecule has 33 heavy (non-hydrogen) atoms. The highest BCUT2D eigenvalue weighted by Gasteiger charge is 2.33. The molecule has 2 aromatic rings. The second kappa shape index (κ2) is 9.62. The van der Waals surface area contributed by atoms with Gasteiger partial charge in [-0.25, -0.2) is 0 Å². The van der Waals surface area contributed by atoms with E-state index in [4.69, 9.17) is 26.8 Å². The number of carbonyl (C=O) groups is 2. The third kappa shape index (κ3) is 5.24. The van der Waals surface area contributed by atoms with Gasteiger partial charge in [0.15, 0.2) is 11.5 Å². The zero-order valence-corrected chi connectivity index (χ0v) is 18.3. The first-order chi connectivity index (χ1) is 15.6. The maximum absolute atomic E-state index is 12.4. The Hall–Kier alpha value is -4.04. The largest absolute Gasteiger partial charge is 0.493 e. The van der Waals surface area contributed by atoms with Gasteiger partial charge in [-0.2, -0.15) is 0 Å². The first-order valence-electron chi connectivity index (χ1n) is 8.86. The number of rotatable bonds is 8. The monoisotopic (exact) mass is 491 g/mol. The number of amides is 1. The average molecular weight is 491 g/mol. The van der Waals surface area contributed by atoms with Gasteiger partial charge in [0.1, 0.15) is 10.9 Å². The van der Waals surface area contributed by atoms with E-state index in [0.29, 0.717) is 5.56 Å². The van der Waals surface area contributed by atoms with Crippen LogP contribution in [0.4, 0.5) is 11.4 Å². The van der Waals surface area contributed by atoms with Gasteiger partial charge in [0.25, 0.3) is 11.6 Å². The number of aliphatic carboxylic acids is 1. The third-order valence-electron chi connectivity index (χ3n) is 4.22. The lowest BCUT2D eigenvalue weighted by molar-refractivity contribution is -0.394. The molecule has 0 radical (unpaired) electrons. The van der Waals surface area contributed by atoms with Crippen LogP contribution in [-0.4, -0.2) is 49.7 Å². The molecule has 0 spiro atoms. The minimum absolute atomic E-state index is 0.0880. The number of benzene rings is 2. The first-order valence-corrected chi connectivity index (χ1v) is 10.1. The number of hydrogen-bond acceptors (Lipinski definition) is 10. The van der Waals surface area contributed by atoms with Gasteiger partial charge < -0.3 is 14.6 Å². The molecule has 0 aliphatic carbocycles. The van der Waals surface area contributed by atoms with Gasteiger partial charge in [0.2, 0.25) is 5.75 Å². The number of nitrogens with zero attached hydrogens (tertiary/aromatic N) is 3. The summed E-state index contributed by atoms with van der Waals surface area (Å²) in [6.07, 6.45) is 1.49. The van der Waals surface area contributed by atoms with Gasteiger partial charge in [-0.3, -0.25) is 34.7 Å². The van der Waals surface area contributed by atoms with E-state index in [0.717, 1.165) is 34.9 Å². The van der Waals surface area contributed by atoms with Gasteiger partial charge in [-0.15, -0.1) is 0 Å². The number of carbonyl (C=O) groups excluding carboxylic acids is 1. The van der Waals surface area contributed by atoms with Crippen molar-refractivity contribution in [3.63, 3.8) is 0 Å². The summed E-state index contributed by atoms with van der Waals surface area (Å²) in [5, 5.41) is 31.1. The van der Waals surface area contributed by atoms with Crippen LogP contribution in [0.3, 0.4) is 0 Å². The predicted molar refractivity (Wildman–Crippen MR) is 120 cm³/mol. The Kier molecular flexibility index (Phi) is 6.89. The molecule has 0 bridgehead atoms. The molecule has 1 heterocycles. The van der Waals surface area contributed by atoms with Crippen LogP contribution in [0.15, 0.2) is 41.3 Å². The van der Waals surface area contributed by atoms with Gasteiger partial charge in [-0.1, -0.05) is 30.0 Å². The summed E-state index contributed by atoms with van der Waals surface area (Å²) >= 11 is 6.00. The molecule has 12 nitrogen and oxygen atoms in total. The maximum Gasteiger partial charge on any atom is 0.323 e. The fourth-order valence-electron chi connectivity index (χ4n) is 2.75. The Labute approximate surface area is 194 Å². The maximum atomic E-state index is 12.4. The van der Waals surface area contributed by atoms with Gasteiger partial charge in [-0.05, 0) is 29.8 Å². The fourth-order valence-corrected chi connectivity index (χ4v) is 4.00. The summed E-state index contributed by atoms with van der Waals surface area (Å²) in [6.45, 7) is -0.549. The van der Waals surface area contributed by atoms with E-state index in [1.165, 1.54) is 25.3 Å². The lowest BCUT2D eigenvalue weighted by Gasteiger charge is -2.11. The Bertz CT molecular complexity index is 1230. The second-order valence-corrected chi connectivity index (χ2v) is 8.02. The van der Waals surface area contributed by atoms with Crippen molar-refractivity contribution in [2.75, 3.05) is 13.7 Å². The van der Waals surface area contributed by atoms with E-state index in [9.17, 15) is 29.8 Å². The zero-order valence-electron chi connectivity index (χ0n) is 16.6. The molecule has 1 saturated heterocycles. The van der Waals surface area contributed by atoms with Crippen molar-refractivity contribution in [2.24, 2.45) is 0 Å². The van der Waals surface area contributed by atoms with Crippen LogP contribution in [-0.2, 0) is 9.59 Å². The Balaban J connectivity index is 1.90. The molecule has 0 saturated carbocycles. The lowest BCUT2D eigenvalue weighted by atomic mass is 10.1. The summed E-state index contributed by atoms with van der Waals surface area (Å²) in [5.74, 6) is -1.72. The highest BCUT2D eigenvalue weighted by molar-refractivity contribution is 8.26. The highest BCUT2D eigenvalue weighted by Crippen LogP contribution is 2.39. The zero-order chi connectivity index (χ0) is 24.3. The van der Waals surface area contributed by atoms with E-state index in [2.05, 4.69) is 0 Å². The number of methoxy groups -OCH3 is 1. The number of thiocarbonyl (C=S) groups is 1. The molecule has 0 unspecified atom stereocenters. The van der Waals surface area contributed by atoms with E-state index >= 15 is 0 Å². The van der Waals surface area contributed by atoms with E-state index in [1.807, 2.05) is 0 Å². The summed E-state index contributed by atoms with van der Waals surface area (Å²) in [6, 6.07) is 7.44. The molecular weight excluding hydrogens is 478 g/mol. The third-order valence-corrected chi connectivity index (χ3v) is 5.60. The second-order valence-electron chi connectivity index (χ2n) is 6.34. The van der Waals surface area contributed by atoms with Crippen molar-refractivity contribution < 1.29 is 34.0 Å². The smallest absolute Gasteiger partial charge is 0.323 e.